The van der Waals surface area contributed by atoms with Gasteiger partial charge in [0.2, 0.25) is 9.84 Å². The first-order valence-corrected chi connectivity index (χ1v) is 9.43. The average Bonchev–Trinajstić information content (AvgIpc) is 2.83. The maximum atomic E-state index is 12.9. The van der Waals surface area contributed by atoms with Crippen molar-refractivity contribution in [1.29, 1.82) is 0 Å². The summed E-state index contributed by atoms with van der Waals surface area (Å²) in [6.45, 7) is 16.2. The summed E-state index contributed by atoms with van der Waals surface area (Å²) in [5, 5.41) is 0.327. The Hall–Kier alpha value is -2.64. The number of nitrogens with zero attached hydrogens (tertiary/aromatic N) is 3. The van der Waals surface area contributed by atoms with Crippen LogP contribution in [0.3, 0.4) is 0 Å². The highest BCUT2D eigenvalue weighted by molar-refractivity contribution is 8.08. The van der Waals surface area contributed by atoms with Gasteiger partial charge in [0.1, 0.15) is 18.7 Å². The van der Waals surface area contributed by atoms with E-state index < -0.39 is 9.84 Å². The molecule has 0 amide bonds. The van der Waals surface area contributed by atoms with Gasteiger partial charge in [-0.15, -0.1) is 0 Å². The molecule has 1 aliphatic heterocycles. The van der Waals surface area contributed by atoms with Crippen LogP contribution in [-0.4, -0.2) is 13.5 Å². The van der Waals surface area contributed by atoms with Crippen LogP contribution >= 0.6 is 23.2 Å². The smallest absolute Gasteiger partial charge is 0.237 e. The van der Waals surface area contributed by atoms with Gasteiger partial charge in [0.05, 0.1) is 10.6 Å². The minimum atomic E-state index is -3.98. The fraction of sp³-hybridized carbons (Fsp3) is 0.0556. The number of benzene rings is 2. The number of aliphatic imine (C=N–C) groups is 1. The molecule has 1 heterocycles. The van der Waals surface area contributed by atoms with Crippen molar-refractivity contribution in [3.63, 3.8) is 0 Å². The van der Waals surface area contributed by atoms with Crippen LogP contribution in [0.1, 0.15) is 11.1 Å². The lowest BCUT2D eigenvalue weighted by atomic mass is 10.1. The fourth-order valence-electron chi connectivity index (χ4n) is 2.54. The van der Waals surface area contributed by atoms with Crippen molar-refractivity contribution in [3.05, 3.63) is 86.2 Å². The summed E-state index contributed by atoms with van der Waals surface area (Å²) in [5.41, 5.74) is 1.16. The third-order valence-corrected chi connectivity index (χ3v) is 6.37. The van der Waals surface area contributed by atoms with Gasteiger partial charge in [0.15, 0.2) is 5.04 Å². The van der Waals surface area contributed by atoms with Crippen LogP contribution in [0.5, 0.6) is 0 Å². The van der Waals surface area contributed by atoms with Crippen LogP contribution in [0.2, 0.25) is 10.0 Å². The Morgan fingerprint density at radius 2 is 1.65 bits per heavy atom. The van der Waals surface area contributed by atoms with Gasteiger partial charge in [0.25, 0.3) is 0 Å². The zero-order valence-corrected chi connectivity index (χ0v) is 15.6. The molecule has 0 N–H and O–H groups in total. The predicted molar refractivity (Wildman–Crippen MR) is 102 cm³/mol. The summed E-state index contributed by atoms with van der Waals surface area (Å²) in [6, 6.07) is 9.17. The van der Waals surface area contributed by atoms with E-state index in [1.165, 1.54) is 18.2 Å². The van der Waals surface area contributed by atoms with Gasteiger partial charge in [-0.05, 0) is 30.7 Å². The van der Waals surface area contributed by atoms with Crippen LogP contribution in [0.25, 0.3) is 15.3 Å². The van der Waals surface area contributed by atoms with Crippen LogP contribution in [-0.2, 0) is 9.84 Å². The van der Waals surface area contributed by atoms with E-state index in [2.05, 4.69) is 14.7 Å². The van der Waals surface area contributed by atoms with Crippen LogP contribution in [0, 0.1) is 20.1 Å². The van der Waals surface area contributed by atoms with Gasteiger partial charge in [-0.1, -0.05) is 41.4 Å². The maximum Gasteiger partial charge on any atom is 0.530 e. The van der Waals surface area contributed by atoms with Gasteiger partial charge >= 0.3 is 5.82 Å². The highest BCUT2D eigenvalue weighted by atomic mass is 35.5. The van der Waals surface area contributed by atoms with E-state index in [9.17, 15) is 8.42 Å². The van der Waals surface area contributed by atoms with Crippen molar-refractivity contribution in [1.82, 2.24) is 0 Å². The second-order valence-corrected chi connectivity index (χ2v) is 8.02. The number of hydrogen-bond acceptors (Lipinski definition) is 3. The molecule has 128 valence electrons. The molecule has 1 aliphatic rings. The Morgan fingerprint density at radius 1 is 1.08 bits per heavy atom. The standard InChI is InChI=1S/C18H9Cl2N3O2S/c1-10-13(19)8-11(9-14(10)20)23-18-16(17(21-2)22-3)12-6-4-5-7-15(12)26(18,24)25/h4-9H,1H3. The normalized spacial score (nSPS) is 16.0. The lowest BCUT2D eigenvalue weighted by Gasteiger charge is -2.04. The first-order chi connectivity index (χ1) is 12.3. The molecule has 0 fully saturated rings. The molecule has 0 saturated heterocycles. The molecule has 26 heavy (non-hydrogen) atoms. The van der Waals surface area contributed by atoms with E-state index in [1.807, 2.05) is 0 Å². The molecule has 5 nitrogen and oxygen atoms in total. The molecule has 0 bridgehead atoms. The summed E-state index contributed by atoms with van der Waals surface area (Å²) >= 11 is 12.2. The Morgan fingerprint density at radius 3 is 2.23 bits per heavy atom. The summed E-state index contributed by atoms with van der Waals surface area (Å²) in [6.07, 6.45) is 0. The third kappa shape index (κ3) is 2.79. The van der Waals surface area contributed by atoms with E-state index in [0.29, 0.717) is 15.6 Å². The highest BCUT2D eigenvalue weighted by Crippen LogP contribution is 2.41. The van der Waals surface area contributed by atoms with Crippen LogP contribution in [0.15, 0.2) is 52.1 Å². The summed E-state index contributed by atoms with van der Waals surface area (Å²) in [4.78, 5) is 10.6. The summed E-state index contributed by atoms with van der Waals surface area (Å²) in [7, 11) is -3.98. The minimum Gasteiger partial charge on any atom is -0.237 e. The Bertz CT molecular complexity index is 1160. The zero-order valence-electron chi connectivity index (χ0n) is 13.3. The third-order valence-electron chi connectivity index (χ3n) is 3.85. The monoisotopic (exact) mass is 401 g/mol. The number of halogens is 2. The van der Waals surface area contributed by atoms with Crippen molar-refractivity contribution in [2.45, 2.75) is 11.8 Å². The van der Waals surface area contributed by atoms with E-state index in [1.54, 1.807) is 25.1 Å². The van der Waals surface area contributed by atoms with E-state index in [-0.39, 0.29) is 32.6 Å². The molecule has 0 atom stereocenters. The van der Waals surface area contributed by atoms with Gasteiger partial charge in [-0.25, -0.2) is 13.4 Å². The molecule has 0 unspecified atom stereocenters. The van der Waals surface area contributed by atoms with E-state index in [0.717, 1.165) is 0 Å². The van der Waals surface area contributed by atoms with Crippen molar-refractivity contribution >= 4 is 49.3 Å². The lowest BCUT2D eigenvalue weighted by Crippen LogP contribution is -2.09. The molecule has 3 rings (SSSR count). The first-order valence-electron chi connectivity index (χ1n) is 7.19. The Labute approximate surface area is 160 Å². The van der Waals surface area contributed by atoms with Crippen molar-refractivity contribution < 1.29 is 8.42 Å². The Kier molecular flexibility index (Phi) is 4.60. The van der Waals surface area contributed by atoms with Gasteiger partial charge < -0.3 is 0 Å². The molecular weight excluding hydrogens is 393 g/mol. The number of hydrogen-bond donors (Lipinski definition) is 0. The van der Waals surface area contributed by atoms with Gasteiger partial charge in [-0.3, -0.25) is 0 Å². The number of sulfone groups is 1. The summed E-state index contributed by atoms with van der Waals surface area (Å²) in [5.74, 6) is -0.360. The number of fused-ring (bicyclic) bond motifs is 1. The first kappa shape index (κ1) is 18.2. The van der Waals surface area contributed by atoms with Gasteiger partial charge in [0, 0.05) is 15.6 Å². The van der Waals surface area contributed by atoms with Crippen LogP contribution < -0.4 is 0 Å². The SMILES string of the molecule is [C-]#[N+]C([N+]#[C-])=C1C(=Nc2cc(Cl)c(C)c(Cl)c2)S(=O)(=O)c2ccccc21. The zero-order chi connectivity index (χ0) is 19.1. The van der Waals surface area contributed by atoms with E-state index in [4.69, 9.17) is 36.3 Å². The molecule has 0 aliphatic carbocycles. The maximum absolute atomic E-state index is 12.9. The van der Waals surface area contributed by atoms with Crippen molar-refractivity contribution in [2.75, 3.05) is 0 Å². The fourth-order valence-corrected chi connectivity index (χ4v) is 4.64. The largest absolute Gasteiger partial charge is 0.530 e. The van der Waals surface area contributed by atoms with Crippen LogP contribution in [0.4, 0.5) is 5.69 Å². The lowest BCUT2D eigenvalue weighted by molar-refractivity contribution is 0.608. The number of rotatable bonds is 1. The van der Waals surface area contributed by atoms with Crippen molar-refractivity contribution in [2.24, 2.45) is 4.99 Å². The molecule has 2 aromatic rings. The molecule has 0 spiro atoms. The Balaban J connectivity index is 2.39. The predicted octanol–water partition coefficient (Wildman–Crippen LogP) is 5.33. The molecular formula is C18H9Cl2N3O2S. The molecule has 0 aromatic heterocycles. The molecule has 0 radical (unpaired) electrons. The highest BCUT2D eigenvalue weighted by Gasteiger charge is 2.42. The van der Waals surface area contributed by atoms with Crippen molar-refractivity contribution in [3.8, 4) is 0 Å². The molecule has 8 heteroatoms. The second kappa shape index (κ2) is 6.59. The quantitative estimate of drug-likeness (QED) is 0.606. The summed E-state index contributed by atoms with van der Waals surface area (Å²) < 4.78 is 25.9. The second-order valence-electron chi connectivity index (χ2n) is 5.37. The molecule has 0 saturated carbocycles. The average molecular weight is 402 g/mol. The van der Waals surface area contributed by atoms with Gasteiger partial charge in [-0.2, -0.15) is 9.69 Å². The van der Waals surface area contributed by atoms with E-state index >= 15 is 0 Å². The minimum absolute atomic E-state index is 0.00146. The topological polar surface area (TPSA) is 55.2 Å². The molecule has 2 aromatic carbocycles.